The highest BCUT2D eigenvalue weighted by molar-refractivity contribution is 5.86. The van der Waals surface area contributed by atoms with Gasteiger partial charge >= 0.3 is 0 Å². The van der Waals surface area contributed by atoms with Crippen LogP contribution < -0.4 is 0 Å². The molecule has 0 amide bonds. The minimum absolute atomic E-state index is 0.0682. The zero-order valence-electron chi connectivity index (χ0n) is 21.4. The lowest BCUT2D eigenvalue weighted by Gasteiger charge is -2.65. The lowest BCUT2D eigenvalue weighted by molar-refractivity contribution is -0.269. The minimum atomic E-state index is -1.29. The fourth-order valence-electron chi connectivity index (χ4n) is 9.20. The molecule has 4 aliphatic carbocycles. The van der Waals surface area contributed by atoms with Crippen LogP contribution >= 0.6 is 0 Å². The van der Waals surface area contributed by atoms with E-state index in [0.29, 0.717) is 19.3 Å². The quantitative estimate of drug-likeness (QED) is 0.375. The number of fused-ring (bicyclic) bond motifs is 5. The summed E-state index contributed by atoms with van der Waals surface area (Å²) in [4.78, 5) is 13.6. The summed E-state index contributed by atoms with van der Waals surface area (Å²) in [5, 5.41) is 53.9. The third-order valence-corrected chi connectivity index (χ3v) is 11.2. The Morgan fingerprint density at radius 1 is 1.09 bits per heavy atom. The molecule has 6 nitrogen and oxygen atoms in total. The molecule has 0 saturated heterocycles. The van der Waals surface area contributed by atoms with Gasteiger partial charge in [0.25, 0.3) is 0 Å². The zero-order valence-corrected chi connectivity index (χ0v) is 21.4. The summed E-state index contributed by atoms with van der Waals surface area (Å²) in [6.45, 7) is 12.6. The molecule has 6 heteroatoms. The molecule has 0 radical (unpaired) electrons. The molecule has 4 aliphatic rings. The standard InChI is InChI=1S/C28H46O6/c1-15(17(3)14-29)6-7-16(2)18-12-20(31)25-26(18,4)11-9-22-27(5)10-8-19(30)24(33)23(27)21(32)13-28(22,25)34/h16-19,21-25,29-30,32-34H,1,6-14H2,2-5H3/t16-,17-,18?,19+,21+,22?,23?,24+,25?,26-,27-,28+/m1/s1. The molecule has 0 bridgehead atoms. The van der Waals surface area contributed by atoms with E-state index in [1.165, 1.54) is 0 Å². The van der Waals surface area contributed by atoms with Crippen molar-refractivity contribution in [3.63, 3.8) is 0 Å². The monoisotopic (exact) mass is 478 g/mol. The van der Waals surface area contributed by atoms with E-state index in [4.69, 9.17) is 0 Å². The first-order valence-electron chi connectivity index (χ1n) is 13.4. The average Bonchev–Trinajstić information content (AvgIpc) is 3.05. The molecule has 4 unspecified atom stereocenters. The Hall–Kier alpha value is -0.790. The van der Waals surface area contributed by atoms with Crippen LogP contribution in [0.5, 0.6) is 0 Å². The van der Waals surface area contributed by atoms with Crippen molar-refractivity contribution in [2.24, 2.45) is 46.3 Å². The van der Waals surface area contributed by atoms with E-state index in [1.54, 1.807) is 0 Å². The fraction of sp³-hybridized carbons (Fsp3) is 0.893. The second-order valence-electron chi connectivity index (χ2n) is 13.0. The summed E-state index contributed by atoms with van der Waals surface area (Å²) >= 11 is 0. The van der Waals surface area contributed by atoms with Gasteiger partial charge in [-0.2, -0.15) is 0 Å². The Kier molecular flexibility index (Phi) is 6.92. The van der Waals surface area contributed by atoms with Crippen LogP contribution in [0.25, 0.3) is 0 Å². The van der Waals surface area contributed by atoms with Crippen LogP contribution in [0.2, 0.25) is 0 Å². The van der Waals surface area contributed by atoms with Crippen LogP contribution in [-0.2, 0) is 4.79 Å². The van der Waals surface area contributed by atoms with Gasteiger partial charge in [0.2, 0.25) is 0 Å². The van der Waals surface area contributed by atoms with Crippen LogP contribution in [-0.4, -0.2) is 61.8 Å². The van der Waals surface area contributed by atoms with Gasteiger partial charge in [-0.25, -0.2) is 0 Å². The maximum atomic E-state index is 13.6. The van der Waals surface area contributed by atoms with Crippen LogP contribution in [0, 0.1) is 46.3 Å². The Balaban J connectivity index is 1.60. The first kappa shape index (κ1) is 26.3. The summed E-state index contributed by atoms with van der Waals surface area (Å²) in [5.74, 6) is -0.562. The van der Waals surface area contributed by atoms with Crippen LogP contribution in [0.1, 0.15) is 79.1 Å². The number of hydrogen-bond acceptors (Lipinski definition) is 6. The predicted octanol–water partition coefficient (Wildman–Crippen LogP) is 2.84. The number of rotatable bonds is 6. The topological polar surface area (TPSA) is 118 Å². The maximum Gasteiger partial charge on any atom is 0.139 e. The number of ketones is 1. The average molecular weight is 479 g/mol. The molecule has 0 aromatic rings. The van der Waals surface area contributed by atoms with E-state index in [1.807, 2.05) is 13.8 Å². The van der Waals surface area contributed by atoms with Gasteiger partial charge in [-0.3, -0.25) is 4.79 Å². The molecule has 4 saturated carbocycles. The molecule has 194 valence electrons. The third kappa shape index (κ3) is 3.75. The van der Waals surface area contributed by atoms with Crippen LogP contribution in [0.4, 0.5) is 0 Å². The number of aliphatic hydroxyl groups excluding tert-OH is 4. The molecular weight excluding hydrogens is 432 g/mol. The molecule has 0 heterocycles. The molecule has 34 heavy (non-hydrogen) atoms. The Labute approximate surface area is 204 Å². The van der Waals surface area contributed by atoms with Gasteiger partial charge < -0.3 is 25.5 Å². The summed E-state index contributed by atoms with van der Waals surface area (Å²) in [6, 6.07) is 0. The van der Waals surface area contributed by atoms with Gasteiger partial charge in [0, 0.05) is 25.4 Å². The van der Waals surface area contributed by atoms with E-state index in [2.05, 4.69) is 20.4 Å². The predicted molar refractivity (Wildman–Crippen MR) is 130 cm³/mol. The number of carbonyl (C=O) groups is 1. The molecule has 0 spiro atoms. The van der Waals surface area contributed by atoms with Crippen molar-refractivity contribution in [1.29, 1.82) is 0 Å². The SMILES string of the molecule is C=C(CC[C@@H](C)C1CC(=O)C2[C@]1(C)CCC1[C@@]3(C)CC[C@H](O)[C@H](O)C3[C@@H](O)C[C@]12O)[C@H](C)CO. The largest absolute Gasteiger partial charge is 0.396 e. The first-order chi connectivity index (χ1) is 15.8. The van der Waals surface area contributed by atoms with E-state index >= 15 is 0 Å². The maximum absolute atomic E-state index is 13.6. The first-order valence-corrected chi connectivity index (χ1v) is 13.4. The van der Waals surface area contributed by atoms with Gasteiger partial charge in [0.05, 0.1) is 29.8 Å². The minimum Gasteiger partial charge on any atom is -0.396 e. The molecule has 0 aromatic heterocycles. The van der Waals surface area contributed by atoms with Gasteiger partial charge in [-0.15, -0.1) is 0 Å². The van der Waals surface area contributed by atoms with Crippen molar-refractivity contribution in [3.8, 4) is 0 Å². The molecular formula is C28H46O6. The smallest absolute Gasteiger partial charge is 0.139 e. The Morgan fingerprint density at radius 3 is 2.38 bits per heavy atom. The normalized spacial score (nSPS) is 50.1. The van der Waals surface area contributed by atoms with Crippen molar-refractivity contribution < 1.29 is 30.3 Å². The molecule has 4 rings (SSSR count). The van der Waals surface area contributed by atoms with Crippen molar-refractivity contribution in [2.75, 3.05) is 6.61 Å². The van der Waals surface area contributed by atoms with Crippen molar-refractivity contribution in [3.05, 3.63) is 12.2 Å². The molecule has 0 aliphatic heterocycles. The van der Waals surface area contributed by atoms with Crippen molar-refractivity contribution >= 4 is 5.78 Å². The van der Waals surface area contributed by atoms with E-state index in [-0.39, 0.29) is 47.9 Å². The highest BCUT2D eigenvalue weighted by Crippen LogP contribution is 2.69. The Bertz CT molecular complexity index is 813. The zero-order chi connectivity index (χ0) is 25.2. The summed E-state index contributed by atoms with van der Waals surface area (Å²) < 4.78 is 0. The van der Waals surface area contributed by atoms with Crippen LogP contribution in [0.3, 0.4) is 0 Å². The number of carbonyl (C=O) groups excluding carboxylic acids is 1. The third-order valence-electron chi connectivity index (χ3n) is 11.2. The second-order valence-corrected chi connectivity index (χ2v) is 13.0. The highest BCUT2D eigenvalue weighted by atomic mass is 16.3. The number of hydrogen-bond donors (Lipinski definition) is 5. The van der Waals surface area contributed by atoms with Gasteiger partial charge in [-0.1, -0.05) is 39.8 Å². The summed E-state index contributed by atoms with van der Waals surface area (Å²) in [7, 11) is 0. The molecule has 4 fully saturated rings. The molecule has 5 N–H and O–H groups in total. The van der Waals surface area contributed by atoms with Crippen LogP contribution in [0.15, 0.2) is 12.2 Å². The van der Waals surface area contributed by atoms with E-state index < -0.39 is 41.2 Å². The van der Waals surface area contributed by atoms with Crippen molar-refractivity contribution in [1.82, 2.24) is 0 Å². The summed E-state index contributed by atoms with van der Waals surface area (Å²) in [6.07, 6.45) is 2.12. The molecule has 0 aromatic carbocycles. The lowest BCUT2D eigenvalue weighted by Crippen LogP contribution is -2.70. The van der Waals surface area contributed by atoms with E-state index in [9.17, 15) is 30.3 Å². The second kappa shape index (κ2) is 8.95. The Morgan fingerprint density at radius 2 is 1.74 bits per heavy atom. The van der Waals surface area contributed by atoms with E-state index in [0.717, 1.165) is 31.3 Å². The number of aliphatic hydroxyl groups is 5. The van der Waals surface area contributed by atoms with Gasteiger partial charge in [0.15, 0.2) is 0 Å². The van der Waals surface area contributed by atoms with Crippen molar-refractivity contribution in [2.45, 2.75) is 103 Å². The molecule has 12 atom stereocenters. The fourth-order valence-corrected chi connectivity index (χ4v) is 9.20. The van der Waals surface area contributed by atoms with Gasteiger partial charge in [-0.05, 0) is 73.0 Å². The summed E-state index contributed by atoms with van der Waals surface area (Å²) in [5.41, 5.74) is -1.11. The van der Waals surface area contributed by atoms with Gasteiger partial charge in [0.1, 0.15) is 5.78 Å². The highest BCUT2D eigenvalue weighted by Gasteiger charge is 2.71. The lowest BCUT2D eigenvalue weighted by atomic mass is 9.41. The number of Topliss-reactive ketones (excluding diaryl/α,β-unsaturated/α-hetero) is 1.